The van der Waals surface area contributed by atoms with Gasteiger partial charge >= 0.3 is 22.4 Å². The largest absolute Gasteiger partial charge is 2.00 e. The van der Waals surface area contributed by atoms with Crippen molar-refractivity contribution in [2.24, 2.45) is 0 Å². The van der Waals surface area contributed by atoms with E-state index in [1.165, 1.54) is 0 Å². The van der Waals surface area contributed by atoms with Crippen LogP contribution in [0.3, 0.4) is 0 Å². The van der Waals surface area contributed by atoms with Crippen molar-refractivity contribution in [1.29, 1.82) is 0 Å². The van der Waals surface area contributed by atoms with Gasteiger partial charge in [-0.3, -0.25) is 0 Å². The summed E-state index contributed by atoms with van der Waals surface area (Å²) in [5.41, 5.74) is 0. The quantitative estimate of drug-likeness (QED) is 0.428. The minimum atomic E-state index is -1.08. The molecule has 0 N–H and O–H groups in total. The van der Waals surface area contributed by atoms with E-state index in [0.29, 0.717) is 0 Å². The van der Waals surface area contributed by atoms with Gasteiger partial charge in [0.2, 0.25) is 0 Å². The van der Waals surface area contributed by atoms with Gasteiger partial charge in [-0.15, -0.1) is 0 Å². The summed E-state index contributed by atoms with van der Waals surface area (Å²) in [4.78, 5) is 17.8. The zero-order valence-corrected chi connectivity index (χ0v) is 6.42. The van der Waals surface area contributed by atoms with Gasteiger partial charge in [0.15, 0.2) is 0 Å². The predicted octanol–water partition coefficient (Wildman–Crippen LogP) is -2.49. The van der Waals surface area contributed by atoms with Crippen LogP contribution >= 0.6 is 0 Å². The first kappa shape index (κ1) is 15.9. The molecule has 0 bridgehead atoms. The minimum Gasteiger partial charge on any atom is -0.550 e. The summed E-state index contributed by atoms with van der Waals surface area (Å²) in [6.07, 6.45) is 0. The summed E-state index contributed by atoms with van der Waals surface area (Å²) in [6, 6.07) is 0. The van der Waals surface area contributed by atoms with Crippen LogP contribution in [0.2, 0.25) is 0 Å². The first-order chi connectivity index (χ1) is 3.46. The molecule has 0 amide bonds. The third-order valence-corrected chi connectivity index (χ3v) is 0. The van der Waals surface area contributed by atoms with Gasteiger partial charge in [-0.05, 0) is 13.8 Å². The van der Waals surface area contributed by atoms with E-state index in [1.54, 1.807) is 0 Å². The van der Waals surface area contributed by atoms with Crippen LogP contribution in [-0.4, -0.2) is 11.9 Å². The number of carbonyl (C=O) groups excluding carboxylic acids is 2. The van der Waals surface area contributed by atoms with E-state index < -0.39 is 11.9 Å². The first-order valence-electron chi connectivity index (χ1n) is 1.82. The maximum absolute atomic E-state index is 8.89. The van der Waals surface area contributed by atoms with E-state index in [4.69, 9.17) is 19.8 Å². The molecule has 9 heavy (non-hydrogen) atoms. The van der Waals surface area contributed by atoms with Crippen molar-refractivity contribution in [2.45, 2.75) is 13.8 Å². The second-order valence-corrected chi connectivity index (χ2v) is 0.983. The Bertz CT molecular complexity index is 70.6. The molecule has 0 aliphatic rings. The van der Waals surface area contributed by atoms with Gasteiger partial charge < -0.3 is 19.8 Å². The van der Waals surface area contributed by atoms with E-state index in [2.05, 4.69) is 0 Å². The van der Waals surface area contributed by atoms with Crippen LogP contribution < -0.4 is 10.2 Å². The van der Waals surface area contributed by atoms with Gasteiger partial charge in [-0.2, -0.15) is 0 Å². The Hall–Kier alpha value is -0.320. The second kappa shape index (κ2) is 10.6. The van der Waals surface area contributed by atoms with Crippen molar-refractivity contribution >= 4 is 11.9 Å². The molecule has 0 aliphatic carbocycles. The topological polar surface area (TPSA) is 80.3 Å². The van der Waals surface area contributed by atoms with Gasteiger partial charge in [-0.1, -0.05) is 0 Å². The third kappa shape index (κ3) is 2420. The van der Waals surface area contributed by atoms with Crippen LogP contribution in [0.4, 0.5) is 0 Å². The number of hydrogen-bond donors (Lipinski definition) is 0. The molecule has 4 nitrogen and oxygen atoms in total. The Kier molecular flexibility index (Phi) is 18.7. The van der Waals surface area contributed by atoms with Crippen LogP contribution in [0.15, 0.2) is 0 Å². The average molecular weight is 226 g/mol. The predicted molar refractivity (Wildman–Crippen MR) is 21.4 cm³/mol. The summed E-state index contributed by atoms with van der Waals surface area (Å²) in [7, 11) is 0. The number of carboxylic acids is 2. The molecule has 0 atom stereocenters. The van der Waals surface area contributed by atoms with Crippen molar-refractivity contribution in [2.75, 3.05) is 0 Å². The van der Waals surface area contributed by atoms with Gasteiger partial charge in [0.25, 0.3) is 0 Å². The van der Waals surface area contributed by atoms with Crippen molar-refractivity contribution in [3.63, 3.8) is 0 Å². The molecule has 0 saturated carbocycles. The monoisotopic (exact) mass is 225 g/mol. The average Bonchev–Trinajstić information content (AvgIpc) is 1.25. The Morgan fingerprint density at radius 2 is 1.00 bits per heavy atom. The van der Waals surface area contributed by atoms with Crippen molar-refractivity contribution < 1.29 is 42.2 Å². The maximum atomic E-state index is 8.89. The summed E-state index contributed by atoms with van der Waals surface area (Å²) >= 11 is 0. The molecule has 57 valence electrons. The number of carboxylic acid groups (broad SMARTS) is 2. The summed E-state index contributed by atoms with van der Waals surface area (Å²) < 4.78 is 0. The molecule has 0 aromatic carbocycles. The van der Waals surface area contributed by atoms with Crippen molar-refractivity contribution in [3.05, 3.63) is 0 Å². The van der Waals surface area contributed by atoms with Gasteiger partial charge in [-0.25, -0.2) is 0 Å². The van der Waals surface area contributed by atoms with Crippen LogP contribution in [0.25, 0.3) is 0 Å². The second-order valence-electron chi connectivity index (χ2n) is 0.983. The Balaban J connectivity index is -0.0000000720. The molecule has 0 fully saturated rings. The molecule has 0 heterocycles. The fraction of sp³-hybridized carbons (Fsp3) is 0.500. The maximum Gasteiger partial charge on any atom is 2.00 e. The molecular formula is C4H6AgO4. The standard InChI is InChI=1S/2C2H4O2.Ag/c2*1-2(3)4;/h2*1H3,(H,3,4);/q;;+2/p-2. The molecule has 5 heteroatoms. The number of rotatable bonds is 0. The molecule has 0 aromatic heterocycles. The Morgan fingerprint density at radius 1 is 1.00 bits per heavy atom. The molecular weight excluding hydrogens is 220 g/mol. The Morgan fingerprint density at radius 3 is 1.00 bits per heavy atom. The normalized spacial score (nSPS) is 5.56. The minimum absolute atomic E-state index is 0. The molecule has 0 spiro atoms. The molecule has 0 unspecified atom stereocenters. The fourth-order valence-corrected chi connectivity index (χ4v) is 0. The van der Waals surface area contributed by atoms with Gasteiger partial charge in [0, 0.05) is 11.9 Å². The van der Waals surface area contributed by atoms with Crippen LogP contribution in [-0.2, 0) is 32.0 Å². The van der Waals surface area contributed by atoms with Crippen molar-refractivity contribution in [1.82, 2.24) is 0 Å². The fourth-order valence-electron chi connectivity index (χ4n) is 0. The van der Waals surface area contributed by atoms with Gasteiger partial charge in [0.1, 0.15) is 0 Å². The van der Waals surface area contributed by atoms with Gasteiger partial charge in [0.05, 0.1) is 0 Å². The third-order valence-electron chi connectivity index (χ3n) is 0. The molecule has 0 aromatic rings. The summed E-state index contributed by atoms with van der Waals surface area (Å²) in [5.74, 6) is -2.17. The Labute approximate surface area is 68.4 Å². The number of carbonyl (C=O) groups is 2. The molecule has 1 radical (unpaired) electrons. The SMILES string of the molecule is CC(=O)[O-].CC(=O)[O-].[Ag+2]. The van der Waals surface area contributed by atoms with E-state index >= 15 is 0 Å². The first-order valence-corrected chi connectivity index (χ1v) is 1.82. The van der Waals surface area contributed by atoms with E-state index in [1.807, 2.05) is 0 Å². The summed E-state index contributed by atoms with van der Waals surface area (Å²) in [5, 5.41) is 17.8. The smallest absolute Gasteiger partial charge is 0.550 e. The molecule has 0 saturated heterocycles. The zero-order chi connectivity index (χ0) is 7.15. The van der Waals surface area contributed by atoms with E-state index in [0.717, 1.165) is 13.8 Å². The molecule has 0 aliphatic heterocycles. The van der Waals surface area contributed by atoms with E-state index in [-0.39, 0.29) is 22.4 Å². The van der Waals surface area contributed by atoms with E-state index in [9.17, 15) is 0 Å². The van der Waals surface area contributed by atoms with Crippen LogP contribution in [0.5, 0.6) is 0 Å². The van der Waals surface area contributed by atoms with Crippen LogP contribution in [0.1, 0.15) is 13.8 Å². The number of aliphatic carboxylic acids is 2. The zero-order valence-electron chi connectivity index (χ0n) is 4.93. The summed E-state index contributed by atoms with van der Waals surface area (Å²) in [6.45, 7) is 1.94. The number of hydrogen-bond acceptors (Lipinski definition) is 4. The van der Waals surface area contributed by atoms with Crippen molar-refractivity contribution in [3.8, 4) is 0 Å². The molecule has 0 rings (SSSR count). The van der Waals surface area contributed by atoms with Crippen LogP contribution in [0, 0.1) is 0 Å².